The summed E-state index contributed by atoms with van der Waals surface area (Å²) in [5.74, 6) is -0.715. The Labute approximate surface area is 383 Å². The molecule has 63 heavy (non-hydrogen) atoms. The Kier molecular flexibility index (Phi) is 32.7. The second-order valence-electron chi connectivity index (χ2n) is 18.8. The van der Waals surface area contributed by atoms with E-state index in [9.17, 15) is 29.7 Å². The highest BCUT2D eigenvalue weighted by atomic mass is 16.6. The molecular formula is C52H93N3O8. The van der Waals surface area contributed by atoms with Crippen LogP contribution in [0.25, 0.3) is 0 Å². The van der Waals surface area contributed by atoms with E-state index >= 15 is 0 Å². The topological polar surface area (TPSA) is 158 Å². The van der Waals surface area contributed by atoms with Gasteiger partial charge in [0.25, 0.3) is 0 Å². The number of aliphatic hydroxyl groups excluding tert-OH is 3. The Morgan fingerprint density at radius 3 is 1.59 bits per heavy atom. The Morgan fingerprint density at radius 2 is 1.13 bits per heavy atom. The number of alkyl carbamates (subject to hydrolysis) is 1. The van der Waals surface area contributed by atoms with Crippen molar-refractivity contribution in [3.8, 4) is 0 Å². The van der Waals surface area contributed by atoms with Gasteiger partial charge in [-0.05, 0) is 30.7 Å². The van der Waals surface area contributed by atoms with Gasteiger partial charge in [0.2, 0.25) is 11.8 Å². The van der Waals surface area contributed by atoms with Gasteiger partial charge < -0.3 is 40.3 Å². The minimum absolute atomic E-state index is 0.0153. The van der Waals surface area contributed by atoms with Crippen LogP contribution >= 0.6 is 0 Å². The van der Waals surface area contributed by atoms with Crippen molar-refractivity contribution in [2.45, 2.75) is 257 Å². The van der Waals surface area contributed by atoms with Gasteiger partial charge in [-0.3, -0.25) is 9.59 Å². The molecule has 1 aliphatic heterocycles. The van der Waals surface area contributed by atoms with Crippen LogP contribution in [-0.4, -0.2) is 87.9 Å². The summed E-state index contributed by atoms with van der Waals surface area (Å²) in [6, 6.07) is 7.02. The highest BCUT2D eigenvalue weighted by Crippen LogP contribution is 2.27. The molecule has 1 fully saturated rings. The summed E-state index contributed by atoms with van der Waals surface area (Å²) in [4.78, 5) is 42.8. The van der Waals surface area contributed by atoms with E-state index in [0.717, 1.165) is 56.9 Å². The Bertz CT molecular complexity index is 1290. The molecule has 3 amide bonds. The molecule has 364 valence electrons. The van der Waals surface area contributed by atoms with E-state index in [1.54, 1.807) is 4.90 Å². The molecule has 5 N–H and O–H groups in total. The van der Waals surface area contributed by atoms with Gasteiger partial charge in [-0.1, -0.05) is 219 Å². The summed E-state index contributed by atoms with van der Waals surface area (Å²) in [6.07, 6.45) is 27.0. The number of hydrogen-bond acceptors (Lipinski definition) is 8. The average molecular weight is 888 g/mol. The molecule has 1 aromatic carbocycles. The fourth-order valence-corrected chi connectivity index (χ4v) is 8.70. The molecule has 1 aliphatic rings. The molecular weight excluding hydrogens is 795 g/mol. The predicted octanol–water partition coefficient (Wildman–Crippen LogP) is 11.0. The first-order chi connectivity index (χ1) is 30.6. The van der Waals surface area contributed by atoms with Gasteiger partial charge in [0.05, 0.1) is 6.61 Å². The third kappa shape index (κ3) is 25.5. The molecule has 0 saturated carbocycles. The van der Waals surface area contributed by atoms with E-state index in [0.29, 0.717) is 13.0 Å². The molecule has 1 heterocycles. The van der Waals surface area contributed by atoms with Crippen LogP contribution in [0.15, 0.2) is 30.3 Å². The maximum atomic E-state index is 14.2. The summed E-state index contributed by atoms with van der Waals surface area (Å²) in [6.45, 7) is 8.19. The van der Waals surface area contributed by atoms with Gasteiger partial charge in [-0.2, -0.15) is 0 Å². The number of carbonyl (C=O) groups is 3. The fourth-order valence-electron chi connectivity index (χ4n) is 8.70. The lowest BCUT2D eigenvalue weighted by Crippen LogP contribution is -2.70. The van der Waals surface area contributed by atoms with Crippen LogP contribution < -0.4 is 10.6 Å². The first kappa shape index (κ1) is 56.4. The molecule has 0 radical (unpaired) electrons. The van der Waals surface area contributed by atoms with E-state index in [-0.39, 0.29) is 24.9 Å². The van der Waals surface area contributed by atoms with Gasteiger partial charge in [-0.15, -0.1) is 0 Å². The second-order valence-corrected chi connectivity index (χ2v) is 18.8. The van der Waals surface area contributed by atoms with Crippen LogP contribution in [0, 0.1) is 5.92 Å². The number of carbonyl (C=O) groups excluding carboxylic acids is 3. The number of unbranched alkanes of at least 4 members (excludes halogenated alkanes) is 25. The number of amides is 3. The molecule has 0 unspecified atom stereocenters. The molecule has 0 aromatic heterocycles. The third-order valence-corrected chi connectivity index (χ3v) is 12.6. The maximum absolute atomic E-state index is 14.2. The Morgan fingerprint density at radius 1 is 0.667 bits per heavy atom. The molecule has 1 aromatic rings. The van der Waals surface area contributed by atoms with Crippen LogP contribution in [0.3, 0.4) is 0 Å². The van der Waals surface area contributed by atoms with Crippen LogP contribution in [0.1, 0.15) is 219 Å². The smallest absolute Gasteiger partial charge is 0.408 e. The Balaban J connectivity index is 2.07. The van der Waals surface area contributed by atoms with Crippen molar-refractivity contribution < 1.29 is 39.2 Å². The molecule has 2 rings (SSSR count). The monoisotopic (exact) mass is 888 g/mol. The highest BCUT2D eigenvalue weighted by Gasteiger charge is 2.48. The summed E-state index contributed by atoms with van der Waals surface area (Å²) < 4.78 is 11.7. The second kappa shape index (κ2) is 36.5. The molecule has 6 atom stereocenters. The Hall–Kier alpha value is -2.73. The van der Waals surface area contributed by atoms with Crippen molar-refractivity contribution in [2.75, 3.05) is 13.2 Å². The van der Waals surface area contributed by atoms with Gasteiger partial charge >= 0.3 is 6.09 Å². The summed E-state index contributed by atoms with van der Waals surface area (Å²) >= 11 is 0. The molecule has 0 spiro atoms. The van der Waals surface area contributed by atoms with Crippen molar-refractivity contribution >= 4 is 17.9 Å². The first-order valence-electron chi connectivity index (χ1n) is 25.8. The van der Waals surface area contributed by atoms with E-state index in [4.69, 9.17) is 9.47 Å². The van der Waals surface area contributed by atoms with Gasteiger partial charge in [0.15, 0.2) is 6.23 Å². The maximum Gasteiger partial charge on any atom is 0.408 e. The highest BCUT2D eigenvalue weighted by molar-refractivity contribution is 5.86. The van der Waals surface area contributed by atoms with Crippen molar-refractivity contribution in [2.24, 2.45) is 5.92 Å². The lowest BCUT2D eigenvalue weighted by Gasteiger charge is -2.47. The van der Waals surface area contributed by atoms with Crippen molar-refractivity contribution in [3.63, 3.8) is 0 Å². The fraction of sp³-hybridized carbons (Fsp3) is 0.827. The van der Waals surface area contributed by atoms with E-state index < -0.39 is 55.2 Å². The first-order valence-corrected chi connectivity index (χ1v) is 25.8. The van der Waals surface area contributed by atoms with Gasteiger partial charge in [0, 0.05) is 13.0 Å². The molecule has 11 heteroatoms. The summed E-state index contributed by atoms with van der Waals surface area (Å²) in [7, 11) is 0. The standard InChI is InChI=1S/C52H93N3O8/c1-5-7-9-11-13-15-17-19-21-23-25-27-29-34-38-55(46(57)37-33-28-26-24-22-20-18-16-14-12-10-8-6-2)51-47(49(59)48(58)45(40-56)63-51)54-50(60)44(39-42(3)4)53-52(61)62-41-43-35-31-30-32-36-43/h30-32,35-36,42,44-45,47-49,51,56,58-59H,5-29,33-34,37-41H2,1-4H3,(H,53,61)(H,54,60)/t44-,45+,47+,48+,49+,51+/m0/s1. The number of ether oxygens (including phenoxy) is 2. The largest absolute Gasteiger partial charge is 0.445 e. The number of rotatable bonds is 38. The quantitative estimate of drug-likeness (QED) is 0.0411. The van der Waals surface area contributed by atoms with Crippen LogP contribution in [0.5, 0.6) is 0 Å². The van der Waals surface area contributed by atoms with Gasteiger partial charge in [-0.25, -0.2) is 4.79 Å². The summed E-state index contributed by atoms with van der Waals surface area (Å²) in [5.41, 5.74) is 0.803. The van der Waals surface area contributed by atoms with Crippen molar-refractivity contribution in [1.82, 2.24) is 15.5 Å². The number of nitrogens with one attached hydrogen (secondary N) is 2. The summed E-state index contributed by atoms with van der Waals surface area (Å²) in [5, 5.41) is 38.3. The molecule has 0 aliphatic carbocycles. The SMILES string of the molecule is CCCCCCCCCCCCCCCCN(C(=O)CCCCCCCCCCCCCCC)[C@@H]1O[C@H](CO)[C@@H](O)[C@H](O)[C@H]1NC(=O)[C@H](CC(C)C)NC(=O)OCc1ccccc1. The number of aliphatic hydroxyl groups is 3. The molecule has 1 saturated heterocycles. The number of benzene rings is 1. The number of nitrogens with zero attached hydrogens (tertiary/aromatic N) is 1. The van der Waals surface area contributed by atoms with E-state index in [1.165, 1.54) is 122 Å². The number of hydrogen-bond donors (Lipinski definition) is 5. The molecule has 11 nitrogen and oxygen atoms in total. The minimum Gasteiger partial charge on any atom is -0.445 e. The van der Waals surface area contributed by atoms with Crippen molar-refractivity contribution in [1.29, 1.82) is 0 Å². The molecule has 0 bridgehead atoms. The zero-order valence-electron chi connectivity index (χ0n) is 40.4. The van der Waals surface area contributed by atoms with Crippen LogP contribution in [0.4, 0.5) is 4.79 Å². The zero-order chi connectivity index (χ0) is 45.9. The normalized spacial score (nSPS) is 19.2. The van der Waals surface area contributed by atoms with Crippen LogP contribution in [-0.2, 0) is 25.7 Å². The van der Waals surface area contributed by atoms with E-state index in [2.05, 4.69) is 24.5 Å². The van der Waals surface area contributed by atoms with Crippen LogP contribution in [0.2, 0.25) is 0 Å². The van der Waals surface area contributed by atoms with Gasteiger partial charge in [0.1, 0.15) is 37.0 Å². The van der Waals surface area contributed by atoms with Crippen molar-refractivity contribution in [3.05, 3.63) is 35.9 Å². The average Bonchev–Trinajstić information content (AvgIpc) is 3.27. The predicted molar refractivity (Wildman–Crippen MR) is 255 cm³/mol. The lowest BCUT2D eigenvalue weighted by molar-refractivity contribution is -0.231. The zero-order valence-corrected chi connectivity index (χ0v) is 40.4. The lowest BCUT2D eigenvalue weighted by atomic mass is 9.94. The third-order valence-electron chi connectivity index (χ3n) is 12.6. The van der Waals surface area contributed by atoms with E-state index in [1.807, 2.05) is 44.2 Å². The minimum atomic E-state index is -1.54.